The van der Waals surface area contributed by atoms with E-state index < -0.39 is 12.2 Å². The number of aromatic hydroxyl groups is 1. The maximum Gasteiger partial charge on any atom is 0.334 e. The monoisotopic (exact) mass is 621 g/mol. The molecular weight excluding hydrogens is 582 g/mol. The van der Waals surface area contributed by atoms with E-state index in [1.54, 1.807) is 51.1 Å². The Morgan fingerprint density at radius 1 is 1.02 bits per heavy atom. The molecule has 2 fully saturated rings. The van der Waals surface area contributed by atoms with Gasteiger partial charge in [-0.25, -0.2) is 19.8 Å². The van der Waals surface area contributed by atoms with E-state index >= 15 is 0 Å². The second-order valence-corrected chi connectivity index (χ2v) is 12.2. The van der Waals surface area contributed by atoms with Gasteiger partial charge in [-0.2, -0.15) is 0 Å². The van der Waals surface area contributed by atoms with Gasteiger partial charge in [0, 0.05) is 45.1 Å². The van der Waals surface area contributed by atoms with Crippen molar-refractivity contribution in [2.45, 2.75) is 38.1 Å². The maximum atomic E-state index is 14.4. The van der Waals surface area contributed by atoms with Crippen LogP contribution in [0.2, 0.25) is 0 Å². The standard InChI is InChI=1S/C35H39N7O4/c1-23(25-10-6-5-7-11-25)36-35(46)42-31-21-40(20-27-19-26-12-8-9-13-29(26)37-33(27)38(2)3)34(45)30(41(31)32(44)22-39(42)4)18-24-14-16-28(43)17-15-24/h5-17,19,23,30-31,43H,18,20-22H2,1-4H3,(H,36,46)/t23-,30+,31?/m1/s1. The predicted molar refractivity (Wildman–Crippen MR) is 176 cm³/mol. The number of urea groups is 1. The summed E-state index contributed by atoms with van der Waals surface area (Å²) in [6, 6.07) is 24.7. The molecular formula is C35H39N7O4. The van der Waals surface area contributed by atoms with Gasteiger partial charge < -0.3 is 25.1 Å². The zero-order chi connectivity index (χ0) is 32.5. The number of amides is 4. The number of benzene rings is 3. The molecule has 0 spiro atoms. The van der Waals surface area contributed by atoms with Gasteiger partial charge >= 0.3 is 6.03 Å². The third-order valence-corrected chi connectivity index (χ3v) is 8.72. The summed E-state index contributed by atoms with van der Waals surface area (Å²) in [6.07, 6.45) is -0.515. The lowest BCUT2D eigenvalue weighted by molar-refractivity contribution is -0.187. The smallest absolute Gasteiger partial charge is 0.334 e. The third-order valence-electron chi connectivity index (χ3n) is 8.72. The Balaban J connectivity index is 1.37. The molecule has 4 aromatic rings. The molecule has 238 valence electrons. The zero-order valence-electron chi connectivity index (χ0n) is 26.5. The molecule has 6 rings (SSSR count). The molecule has 1 aromatic heterocycles. The van der Waals surface area contributed by atoms with Crippen molar-refractivity contribution in [3.05, 3.63) is 102 Å². The van der Waals surface area contributed by atoms with E-state index in [4.69, 9.17) is 4.98 Å². The van der Waals surface area contributed by atoms with E-state index in [1.807, 2.05) is 80.5 Å². The molecule has 11 nitrogen and oxygen atoms in total. The highest BCUT2D eigenvalue weighted by atomic mass is 16.3. The maximum absolute atomic E-state index is 14.4. The number of anilines is 1. The number of rotatable bonds is 7. The lowest BCUT2D eigenvalue weighted by Crippen LogP contribution is -2.76. The van der Waals surface area contributed by atoms with E-state index in [9.17, 15) is 19.5 Å². The van der Waals surface area contributed by atoms with Gasteiger partial charge in [0.1, 0.15) is 23.8 Å². The zero-order valence-corrected chi connectivity index (χ0v) is 26.5. The Hall–Kier alpha value is -5.16. The van der Waals surface area contributed by atoms with Crippen molar-refractivity contribution in [3.8, 4) is 5.75 Å². The normalized spacial score (nSPS) is 19.3. The molecule has 3 heterocycles. The Kier molecular flexibility index (Phi) is 8.50. The Labute approximate surface area is 268 Å². The summed E-state index contributed by atoms with van der Waals surface area (Å²) in [5, 5.41) is 17.1. The number of carbonyl (C=O) groups excluding carboxylic acids is 3. The molecule has 2 N–H and O–H groups in total. The summed E-state index contributed by atoms with van der Waals surface area (Å²) in [5.74, 6) is 0.417. The van der Waals surface area contributed by atoms with Crippen LogP contribution in [0.3, 0.4) is 0 Å². The van der Waals surface area contributed by atoms with Crippen molar-refractivity contribution in [3.63, 3.8) is 0 Å². The van der Waals surface area contributed by atoms with Crippen LogP contribution in [0.15, 0.2) is 84.9 Å². The van der Waals surface area contributed by atoms with Crippen LogP contribution in [-0.4, -0.2) is 94.2 Å². The van der Waals surface area contributed by atoms with Crippen LogP contribution in [0, 0.1) is 0 Å². The lowest BCUT2D eigenvalue weighted by atomic mass is 9.98. The topological polar surface area (TPSA) is 113 Å². The van der Waals surface area contributed by atoms with Crippen LogP contribution < -0.4 is 10.2 Å². The molecule has 2 aliphatic heterocycles. The van der Waals surface area contributed by atoms with Gasteiger partial charge in [0.25, 0.3) is 0 Å². The van der Waals surface area contributed by atoms with Gasteiger partial charge in [-0.05, 0) is 42.3 Å². The highest BCUT2D eigenvalue weighted by Gasteiger charge is 2.51. The molecule has 0 saturated carbocycles. The van der Waals surface area contributed by atoms with Crippen LogP contribution in [-0.2, 0) is 22.6 Å². The van der Waals surface area contributed by atoms with Crippen molar-refractivity contribution in [2.24, 2.45) is 0 Å². The summed E-state index contributed by atoms with van der Waals surface area (Å²) in [7, 11) is 5.56. The number of nitrogens with zero attached hydrogens (tertiary/aromatic N) is 6. The van der Waals surface area contributed by atoms with E-state index in [0.717, 1.165) is 33.4 Å². The van der Waals surface area contributed by atoms with Crippen LogP contribution in [0.5, 0.6) is 5.75 Å². The quantitative estimate of drug-likeness (QED) is 0.323. The highest BCUT2D eigenvalue weighted by Crippen LogP contribution is 2.31. The predicted octanol–water partition coefficient (Wildman–Crippen LogP) is 3.75. The first-order chi connectivity index (χ1) is 22.1. The lowest BCUT2D eigenvalue weighted by Gasteiger charge is -2.54. The second kappa shape index (κ2) is 12.7. The van der Waals surface area contributed by atoms with Gasteiger partial charge in [-0.3, -0.25) is 9.59 Å². The number of hydrogen-bond donors (Lipinski definition) is 2. The van der Waals surface area contributed by atoms with Crippen molar-refractivity contribution >= 4 is 34.6 Å². The van der Waals surface area contributed by atoms with Gasteiger partial charge in [0.15, 0.2) is 0 Å². The molecule has 1 unspecified atom stereocenters. The average molecular weight is 622 g/mol. The third kappa shape index (κ3) is 6.05. The minimum atomic E-state index is -0.859. The summed E-state index contributed by atoms with van der Waals surface area (Å²) in [6.45, 7) is 2.23. The van der Waals surface area contributed by atoms with Crippen molar-refractivity contribution in [2.75, 3.05) is 39.1 Å². The Bertz CT molecular complexity index is 1750. The first-order valence-corrected chi connectivity index (χ1v) is 15.4. The number of phenolic OH excluding ortho intramolecular Hbond substituents is 1. The molecule has 2 aliphatic rings. The van der Waals surface area contributed by atoms with Crippen LogP contribution >= 0.6 is 0 Å². The van der Waals surface area contributed by atoms with E-state index in [2.05, 4.69) is 11.4 Å². The molecule has 3 atom stereocenters. The second-order valence-electron chi connectivity index (χ2n) is 12.2. The minimum absolute atomic E-state index is 0.0532. The first kappa shape index (κ1) is 30.8. The molecule has 46 heavy (non-hydrogen) atoms. The van der Waals surface area contributed by atoms with Crippen molar-refractivity contribution < 1.29 is 19.5 Å². The minimum Gasteiger partial charge on any atom is -0.508 e. The van der Waals surface area contributed by atoms with E-state index in [-0.39, 0.29) is 55.7 Å². The van der Waals surface area contributed by atoms with Crippen LogP contribution in [0.4, 0.5) is 10.6 Å². The van der Waals surface area contributed by atoms with E-state index in [0.29, 0.717) is 0 Å². The number of hydrazine groups is 1. The molecule has 0 radical (unpaired) electrons. The fourth-order valence-electron chi connectivity index (χ4n) is 6.44. The highest BCUT2D eigenvalue weighted by molar-refractivity contribution is 5.92. The first-order valence-electron chi connectivity index (χ1n) is 15.4. The largest absolute Gasteiger partial charge is 0.508 e. The number of nitrogens with one attached hydrogen (secondary N) is 1. The number of para-hydroxylation sites is 1. The number of likely N-dealkylation sites (N-methyl/N-ethyl adjacent to an activating group) is 1. The molecule has 4 amide bonds. The van der Waals surface area contributed by atoms with Gasteiger partial charge in [-0.1, -0.05) is 60.7 Å². The van der Waals surface area contributed by atoms with Crippen LogP contribution in [0.1, 0.15) is 29.7 Å². The molecule has 3 aromatic carbocycles. The molecule has 0 aliphatic carbocycles. The Morgan fingerprint density at radius 3 is 2.43 bits per heavy atom. The Morgan fingerprint density at radius 2 is 1.72 bits per heavy atom. The van der Waals surface area contributed by atoms with Crippen molar-refractivity contribution in [1.82, 2.24) is 30.1 Å². The molecule has 2 saturated heterocycles. The molecule has 0 bridgehead atoms. The van der Waals surface area contributed by atoms with Gasteiger partial charge in [0.05, 0.1) is 24.6 Å². The van der Waals surface area contributed by atoms with Crippen molar-refractivity contribution in [1.29, 1.82) is 0 Å². The van der Waals surface area contributed by atoms with Crippen LogP contribution in [0.25, 0.3) is 10.9 Å². The number of piperazine rings is 1. The number of fused-ring (bicyclic) bond motifs is 2. The number of carbonyl (C=O) groups is 3. The summed E-state index contributed by atoms with van der Waals surface area (Å²) >= 11 is 0. The number of hydrogen-bond acceptors (Lipinski definition) is 7. The fraction of sp³-hybridized carbons (Fsp3) is 0.314. The van der Waals surface area contributed by atoms with Gasteiger partial charge in [-0.15, -0.1) is 0 Å². The number of aromatic nitrogens is 1. The molecule has 11 heteroatoms. The fourth-order valence-corrected chi connectivity index (χ4v) is 6.44. The summed E-state index contributed by atoms with van der Waals surface area (Å²) in [5.41, 5.74) is 3.46. The summed E-state index contributed by atoms with van der Waals surface area (Å²) < 4.78 is 0. The average Bonchev–Trinajstić information content (AvgIpc) is 3.03. The summed E-state index contributed by atoms with van der Waals surface area (Å²) in [4.78, 5) is 52.2. The SMILES string of the molecule is C[C@@H](NC(=O)N1C2CN(Cc3cc4ccccc4nc3N(C)C)C(=O)[C@H](Cc3ccc(O)cc3)N2C(=O)CN1C)c1ccccc1. The van der Waals surface area contributed by atoms with Gasteiger partial charge in [0.2, 0.25) is 11.8 Å². The van der Waals surface area contributed by atoms with E-state index in [1.165, 1.54) is 0 Å². The number of phenols is 1. The number of pyridine rings is 1.